The van der Waals surface area contributed by atoms with Crippen molar-refractivity contribution in [2.24, 2.45) is 5.92 Å². The Labute approximate surface area is 124 Å². The van der Waals surface area contributed by atoms with Gasteiger partial charge in [-0.1, -0.05) is 32.1 Å². The molecule has 1 aromatic carbocycles. The smallest absolute Gasteiger partial charge is 0.272 e. The first-order chi connectivity index (χ1) is 10.2. The van der Waals surface area contributed by atoms with Gasteiger partial charge in [0.15, 0.2) is 5.69 Å². The van der Waals surface area contributed by atoms with Gasteiger partial charge in [0.05, 0.1) is 5.52 Å². The highest BCUT2D eigenvalue weighted by Gasteiger charge is 2.16. The van der Waals surface area contributed by atoms with E-state index in [1.165, 1.54) is 32.1 Å². The summed E-state index contributed by atoms with van der Waals surface area (Å²) in [6, 6.07) is 5.43. The number of anilines is 1. The third kappa shape index (κ3) is 3.17. The second kappa shape index (κ2) is 6.16. The van der Waals surface area contributed by atoms with Crippen LogP contribution in [0, 0.1) is 5.92 Å². The number of benzene rings is 1. The normalized spacial score (nSPS) is 16.2. The van der Waals surface area contributed by atoms with Crippen molar-refractivity contribution in [1.82, 2.24) is 15.5 Å². The van der Waals surface area contributed by atoms with Crippen LogP contribution in [0.1, 0.15) is 49.0 Å². The van der Waals surface area contributed by atoms with Crippen molar-refractivity contribution in [3.63, 3.8) is 0 Å². The Kier molecular flexibility index (Phi) is 4.08. The van der Waals surface area contributed by atoms with Crippen molar-refractivity contribution < 1.29 is 4.79 Å². The van der Waals surface area contributed by atoms with Crippen LogP contribution in [0.2, 0.25) is 0 Å². The monoisotopic (exact) mass is 286 g/mol. The van der Waals surface area contributed by atoms with Gasteiger partial charge in [0, 0.05) is 17.6 Å². The molecule has 0 saturated heterocycles. The molecule has 2 aromatic rings. The largest absolute Gasteiger partial charge is 0.399 e. The highest BCUT2D eigenvalue weighted by atomic mass is 16.1. The zero-order valence-corrected chi connectivity index (χ0v) is 12.2. The van der Waals surface area contributed by atoms with Crippen molar-refractivity contribution in [1.29, 1.82) is 0 Å². The molecule has 5 heteroatoms. The van der Waals surface area contributed by atoms with Gasteiger partial charge in [0.2, 0.25) is 0 Å². The van der Waals surface area contributed by atoms with Crippen molar-refractivity contribution in [3.8, 4) is 0 Å². The minimum Gasteiger partial charge on any atom is -0.399 e. The van der Waals surface area contributed by atoms with Gasteiger partial charge in [-0.25, -0.2) is 0 Å². The van der Waals surface area contributed by atoms with Gasteiger partial charge in [-0.05, 0) is 30.5 Å². The van der Waals surface area contributed by atoms with Crippen LogP contribution in [0.5, 0.6) is 0 Å². The van der Waals surface area contributed by atoms with Crippen LogP contribution in [0.3, 0.4) is 0 Å². The third-order valence-corrected chi connectivity index (χ3v) is 4.36. The molecular weight excluding hydrogens is 264 g/mol. The average Bonchev–Trinajstić information content (AvgIpc) is 2.91. The minimum atomic E-state index is -0.123. The molecule has 1 aromatic heterocycles. The quantitative estimate of drug-likeness (QED) is 0.756. The fourth-order valence-electron chi connectivity index (χ4n) is 3.15. The predicted octanol–water partition coefficient (Wildman–Crippen LogP) is 2.85. The zero-order chi connectivity index (χ0) is 14.7. The molecule has 0 radical (unpaired) electrons. The predicted molar refractivity (Wildman–Crippen MR) is 84.0 cm³/mol. The van der Waals surface area contributed by atoms with Gasteiger partial charge >= 0.3 is 0 Å². The topological polar surface area (TPSA) is 83.8 Å². The van der Waals surface area contributed by atoms with Crippen molar-refractivity contribution in [2.45, 2.75) is 38.5 Å². The Bertz CT molecular complexity index is 628. The molecule has 3 rings (SSSR count). The van der Waals surface area contributed by atoms with Gasteiger partial charge in [0.1, 0.15) is 0 Å². The first kappa shape index (κ1) is 13.9. The summed E-state index contributed by atoms with van der Waals surface area (Å²) in [5.41, 5.74) is 7.68. The number of H-pyrrole nitrogens is 1. The molecule has 1 fully saturated rings. The van der Waals surface area contributed by atoms with Gasteiger partial charge in [-0.2, -0.15) is 5.10 Å². The Hall–Kier alpha value is -2.04. The number of amides is 1. The van der Waals surface area contributed by atoms with Crippen LogP contribution in [0.25, 0.3) is 10.9 Å². The maximum absolute atomic E-state index is 12.2. The highest BCUT2D eigenvalue weighted by Crippen LogP contribution is 2.25. The first-order valence-corrected chi connectivity index (χ1v) is 7.76. The first-order valence-electron chi connectivity index (χ1n) is 7.76. The molecule has 1 saturated carbocycles. The number of aromatic nitrogens is 2. The van der Waals surface area contributed by atoms with Crippen molar-refractivity contribution in [2.75, 3.05) is 12.3 Å². The lowest BCUT2D eigenvalue weighted by atomic mass is 9.87. The van der Waals surface area contributed by atoms with E-state index >= 15 is 0 Å². The molecule has 1 aliphatic rings. The Morgan fingerprint density at radius 3 is 2.95 bits per heavy atom. The molecule has 0 aliphatic heterocycles. The zero-order valence-electron chi connectivity index (χ0n) is 12.2. The van der Waals surface area contributed by atoms with Crippen molar-refractivity contribution >= 4 is 22.5 Å². The van der Waals surface area contributed by atoms with E-state index in [0.717, 1.165) is 29.8 Å². The summed E-state index contributed by atoms with van der Waals surface area (Å²) in [6.45, 7) is 0.722. The molecule has 1 aliphatic carbocycles. The van der Waals surface area contributed by atoms with Crippen LogP contribution in [-0.2, 0) is 0 Å². The number of rotatable bonds is 4. The number of nitrogens with one attached hydrogen (secondary N) is 2. The summed E-state index contributed by atoms with van der Waals surface area (Å²) in [5, 5.41) is 10.7. The van der Waals surface area contributed by atoms with Crippen LogP contribution >= 0.6 is 0 Å². The number of nitrogens with two attached hydrogens (primary N) is 1. The van der Waals surface area contributed by atoms with Gasteiger partial charge in [-0.3, -0.25) is 9.89 Å². The van der Waals surface area contributed by atoms with E-state index in [0.29, 0.717) is 11.4 Å². The molecule has 5 nitrogen and oxygen atoms in total. The highest BCUT2D eigenvalue weighted by molar-refractivity contribution is 6.05. The van der Waals surface area contributed by atoms with Gasteiger partial charge in [0.25, 0.3) is 5.91 Å². The molecule has 4 N–H and O–H groups in total. The third-order valence-electron chi connectivity index (χ3n) is 4.36. The molecule has 0 unspecified atom stereocenters. The lowest BCUT2D eigenvalue weighted by molar-refractivity contribution is 0.0947. The lowest BCUT2D eigenvalue weighted by Gasteiger charge is -2.21. The molecule has 112 valence electrons. The van der Waals surface area contributed by atoms with Crippen molar-refractivity contribution in [3.05, 3.63) is 23.9 Å². The fraction of sp³-hybridized carbons (Fsp3) is 0.500. The molecule has 0 atom stereocenters. The summed E-state index contributed by atoms with van der Waals surface area (Å²) in [7, 11) is 0. The lowest BCUT2D eigenvalue weighted by Crippen LogP contribution is -2.26. The van der Waals surface area contributed by atoms with Gasteiger partial charge in [-0.15, -0.1) is 0 Å². The number of fused-ring (bicyclic) bond motifs is 1. The van der Waals surface area contributed by atoms with E-state index in [4.69, 9.17) is 5.73 Å². The minimum absolute atomic E-state index is 0.123. The van der Waals surface area contributed by atoms with Crippen LogP contribution in [0.4, 0.5) is 5.69 Å². The Morgan fingerprint density at radius 2 is 2.14 bits per heavy atom. The SMILES string of the molecule is Nc1ccc2[nH]nc(C(=O)NCCC3CCCCC3)c2c1. The molecule has 0 bridgehead atoms. The summed E-state index contributed by atoms with van der Waals surface area (Å²) in [6.07, 6.45) is 7.71. The summed E-state index contributed by atoms with van der Waals surface area (Å²) < 4.78 is 0. The van der Waals surface area contributed by atoms with E-state index in [1.807, 2.05) is 6.07 Å². The maximum Gasteiger partial charge on any atom is 0.272 e. The van der Waals surface area contributed by atoms with E-state index in [2.05, 4.69) is 15.5 Å². The van der Waals surface area contributed by atoms with Crippen LogP contribution in [-0.4, -0.2) is 22.6 Å². The average molecular weight is 286 g/mol. The number of aromatic amines is 1. The summed E-state index contributed by atoms with van der Waals surface area (Å²) >= 11 is 0. The molecular formula is C16H22N4O. The van der Waals surface area contributed by atoms with Crippen LogP contribution in [0.15, 0.2) is 18.2 Å². The van der Waals surface area contributed by atoms with E-state index < -0.39 is 0 Å². The second-order valence-corrected chi connectivity index (χ2v) is 5.93. The number of carbonyl (C=O) groups excluding carboxylic acids is 1. The summed E-state index contributed by atoms with van der Waals surface area (Å²) in [4.78, 5) is 12.2. The van der Waals surface area contributed by atoms with E-state index in [1.54, 1.807) is 12.1 Å². The standard InChI is InChI=1S/C16H22N4O/c17-12-6-7-14-13(10-12)15(20-19-14)16(21)18-9-8-11-4-2-1-3-5-11/h6-7,10-11H,1-5,8-9,17H2,(H,18,21)(H,19,20). The number of nitrogens with zero attached hydrogens (tertiary/aromatic N) is 1. The maximum atomic E-state index is 12.2. The molecule has 1 amide bonds. The molecule has 0 spiro atoms. The number of carbonyl (C=O) groups is 1. The molecule has 1 heterocycles. The Balaban J connectivity index is 1.60. The van der Waals surface area contributed by atoms with Crippen LogP contribution < -0.4 is 11.1 Å². The van der Waals surface area contributed by atoms with E-state index in [9.17, 15) is 4.79 Å². The fourth-order valence-corrected chi connectivity index (χ4v) is 3.15. The second-order valence-electron chi connectivity index (χ2n) is 5.93. The molecule has 21 heavy (non-hydrogen) atoms. The number of nitrogen functional groups attached to an aromatic ring is 1. The van der Waals surface area contributed by atoms with Gasteiger partial charge < -0.3 is 11.1 Å². The summed E-state index contributed by atoms with van der Waals surface area (Å²) in [5.74, 6) is 0.647. The number of hydrogen-bond acceptors (Lipinski definition) is 3. The van der Waals surface area contributed by atoms with E-state index in [-0.39, 0.29) is 5.91 Å². The number of hydrogen-bond donors (Lipinski definition) is 3. The Morgan fingerprint density at radius 1 is 1.33 bits per heavy atom.